The van der Waals surface area contributed by atoms with E-state index >= 15 is 0 Å². The number of hydrogen-bond donors (Lipinski definition) is 2. The Morgan fingerprint density at radius 3 is 2.30 bits per heavy atom. The lowest BCUT2D eigenvalue weighted by molar-refractivity contribution is -0.127. The number of nitrogens with one attached hydrogen (secondary N) is 2. The largest absolute Gasteiger partial charge is 0.494 e. The summed E-state index contributed by atoms with van der Waals surface area (Å²) in [5, 5.41) is 6.86. The van der Waals surface area contributed by atoms with Crippen LogP contribution < -0.4 is 20.2 Å². The molecule has 2 aromatic carbocycles. The molecular weight excluding hydrogens is 370 g/mol. The van der Waals surface area contributed by atoms with E-state index in [0.717, 1.165) is 11.3 Å². The maximum Gasteiger partial charge on any atom is 0.259 e. The lowest BCUT2D eigenvalue weighted by Crippen LogP contribution is -2.37. The summed E-state index contributed by atoms with van der Waals surface area (Å²) in [7, 11) is 0. The van der Waals surface area contributed by atoms with Gasteiger partial charge >= 0.3 is 0 Å². The number of hydrogen-bond acceptors (Lipinski definition) is 5. The highest BCUT2D eigenvalue weighted by Gasteiger charge is 2.06. The van der Waals surface area contributed by atoms with Crippen molar-refractivity contribution in [1.29, 1.82) is 0 Å². The van der Waals surface area contributed by atoms with Crippen LogP contribution in [0.3, 0.4) is 0 Å². The van der Waals surface area contributed by atoms with E-state index < -0.39 is 11.8 Å². The summed E-state index contributed by atoms with van der Waals surface area (Å²) in [6.45, 7) is 2.10. The van der Waals surface area contributed by atoms with Crippen LogP contribution in [0.4, 0.5) is 0 Å². The third kappa shape index (κ3) is 7.79. The van der Waals surface area contributed by atoms with Gasteiger partial charge in [0.15, 0.2) is 6.61 Å². The van der Waals surface area contributed by atoms with Crippen LogP contribution in [-0.4, -0.2) is 37.8 Å². The summed E-state index contributed by atoms with van der Waals surface area (Å²) in [4.78, 5) is 23.3. The van der Waals surface area contributed by atoms with Crippen molar-refractivity contribution in [2.24, 2.45) is 5.10 Å². The van der Waals surface area contributed by atoms with E-state index in [9.17, 15) is 9.59 Å². The fraction of sp³-hybridized carbons (Fsp3) is 0.211. The molecule has 27 heavy (non-hydrogen) atoms. The second-order valence-corrected chi connectivity index (χ2v) is 5.75. The SMILES string of the molecule is CCOc1ccc(/C=N\NC(=O)CNC(=O)COc2ccc(Cl)cc2)cc1. The van der Waals surface area contributed by atoms with Gasteiger partial charge in [-0.1, -0.05) is 11.6 Å². The van der Waals surface area contributed by atoms with Crippen LogP contribution in [0.25, 0.3) is 0 Å². The molecule has 8 heteroatoms. The number of rotatable bonds is 9. The van der Waals surface area contributed by atoms with E-state index in [1.807, 2.05) is 31.2 Å². The zero-order valence-electron chi connectivity index (χ0n) is 14.8. The van der Waals surface area contributed by atoms with Crippen molar-refractivity contribution in [1.82, 2.24) is 10.7 Å². The van der Waals surface area contributed by atoms with Gasteiger partial charge in [-0.15, -0.1) is 0 Å². The molecule has 0 aliphatic carbocycles. The molecule has 0 aliphatic rings. The summed E-state index contributed by atoms with van der Waals surface area (Å²) in [6.07, 6.45) is 1.50. The average molecular weight is 390 g/mol. The fourth-order valence-electron chi connectivity index (χ4n) is 1.94. The molecule has 0 bridgehead atoms. The minimum atomic E-state index is -0.447. The van der Waals surface area contributed by atoms with Crippen molar-refractivity contribution >= 4 is 29.6 Å². The van der Waals surface area contributed by atoms with Gasteiger partial charge in [-0.3, -0.25) is 9.59 Å². The number of carbonyl (C=O) groups is 2. The van der Waals surface area contributed by atoms with Crippen LogP contribution >= 0.6 is 11.6 Å². The molecule has 0 aromatic heterocycles. The molecule has 0 unspecified atom stereocenters. The Morgan fingerprint density at radius 2 is 1.63 bits per heavy atom. The fourth-order valence-corrected chi connectivity index (χ4v) is 2.07. The molecule has 0 fully saturated rings. The van der Waals surface area contributed by atoms with Crippen LogP contribution in [0.2, 0.25) is 5.02 Å². The van der Waals surface area contributed by atoms with Crippen molar-refractivity contribution in [3.63, 3.8) is 0 Å². The Labute approximate surface area is 162 Å². The molecule has 2 N–H and O–H groups in total. The number of amides is 2. The molecule has 2 aromatic rings. The molecule has 0 saturated carbocycles. The van der Waals surface area contributed by atoms with Crippen LogP contribution in [0.1, 0.15) is 12.5 Å². The van der Waals surface area contributed by atoms with Crippen LogP contribution in [0.15, 0.2) is 53.6 Å². The van der Waals surface area contributed by atoms with Gasteiger partial charge in [0.25, 0.3) is 11.8 Å². The van der Waals surface area contributed by atoms with Crippen molar-refractivity contribution in [2.75, 3.05) is 19.8 Å². The van der Waals surface area contributed by atoms with Gasteiger partial charge in [-0.05, 0) is 61.0 Å². The number of benzene rings is 2. The average Bonchev–Trinajstić information content (AvgIpc) is 2.67. The van der Waals surface area contributed by atoms with E-state index in [4.69, 9.17) is 21.1 Å². The van der Waals surface area contributed by atoms with Gasteiger partial charge in [0.05, 0.1) is 19.4 Å². The molecular formula is C19H20ClN3O4. The molecule has 2 amide bonds. The van der Waals surface area contributed by atoms with Crippen LogP contribution in [-0.2, 0) is 9.59 Å². The molecule has 7 nitrogen and oxygen atoms in total. The lowest BCUT2D eigenvalue weighted by atomic mass is 10.2. The van der Waals surface area contributed by atoms with Crippen LogP contribution in [0, 0.1) is 0 Å². The zero-order chi connectivity index (χ0) is 19.5. The van der Waals surface area contributed by atoms with E-state index in [1.165, 1.54) is 6.21 Å². The predicted molar refractivity (Wildman–Crippen MR) is 103 cm³/mol. The van der Waals surface area contributed by atoms with E-state index in [0.29, 0.717) is 17.4 Å². The van der Waals surface area contributed by atoms with Gasteiger partial charge in [-0.25, -0.2) is 5.43 Å². The quantitative estimate of drug-likeness (QED) is 0.509. The molecule has 0 atom stereocenters. The smallest absolute Gasteiger partial charge is 0.259 e. The molecule has 0 aliphatic heterocycles. The summed E-state index contributed by atoms with van der Waals surface area (Å²) in [6, 6.07) is 13.9. The third-order valence-electron chi connectivity index (χ3n) is 3.22. The Kier molecular flexibility index (Phi) is 8.12. The lowest BCUT2D eigenvalue weighted by Gasteiger charge is -2.07. The Morgan fingerprint density at radius 1 is 1.00 bits per heavy atom. The maximum atomic E-state index is 11.7. The summed E-state index contributed by atoms with van der Waals surface area (Å²) >= 11 is 5.76. The first-order valence-corrected chi connectivity index (χ1v) is 8.64. The van der Waals surface area contributed by atoms with Crippen molar-refractivity contribution in [2.45, 2.75) is 6.92 Å². The molecule has 2 rings (SSSR count). The van der Waals surface area contributed by atoms with Crippen molar-refractivity contribution in [3.8, 4) is 11.5 Å². The Bertz CT molecular complexity index is 777. The first-order valence-electron chi connectivity index (χ1n) is 8.26. The van der Waals surface area contributed by atoms with E-state index in [1.54, 1.807) is 24.3 Å². The number of halogens is 1. The minimum Gasteiger partial charge on any atom is -0.494 e. The monoisotopic (exact) mass is 389 g/mol. The second-order valence-electron chi connectivity index (χ2n) is 5.31. The van der Waals surface area contributed by atoms with Gasteiger partial charge in [0.2, 0.25) is 0 Å². The molecule has 0 heterocycles. The van der Waals surface area contributed by atoms with Crippen molar-refractivity contribution < 1.29 is 19.1 Å². The van der Waals surface area contributed by atoms with E-state index in [-0.39, 0.29) is 13.2 Å². The Hall–Kier alpha value is -3.06. The standard InChI is InChI=1S/C19H20ClN3O4/c1-2-26-16-7-3-14(4-8-16)11-22-23-18(24)12-21-19(25)13-27-17-9-5-15(20)6-10-17/h3-11H,2,12-13H2,1H3,(H,21,25)(H,23,24)/b22-11-. The van der Waals surface area contributed by atoms with Gasteiger partial charge in [-0.2, -0.15) is 5.10 Å². The number of carbonyl (C=O) groups excluding carboxylic acids is 2. The van der Waals surface area contributed by atoms with Gasteiger partial charge < -0.3 is 14.8 Å². The minimum absolute atomic E-state index is 0.204. The molecule has 0 radical (unpaired) electrons. The first-order chi connectivity index (χ1) is 13.1. The zero-order valence-corrected chi connectivity index (χ0v) is 15.5. The van der Waals surface area contributed by atoms with Gasteiger partial charge in [0.1, 0.15) is 11.5 Å². The second kappa shape index (κ2) is 10.8. The maximum absolute atomic E-state index is 11.7. The molecule has 142 valence electrons. The van der Waals surface area contributed by atoms with Crippen LogP contribution in [0.5, 0.6) is 11.5 Å². The number of ether oxygens (including phenoxy) is 2. The Balaban J connectivity index is 1.66. The predicted octanol–water partition coefficient (Wildman–Crippen LogP) is 2.38. The third-order valence-corrected chi connectivity index (χ3v) is 3.48. The topological polar surface area (TPSA) is 89.0 Å². The molecule has 0 saturated heterocycles. The highest BCUT2D eigenvalue weighted by Crippen LogP contribution is 2.15. The number of nitrogens with zero attached hydrogens (tertiary/aromatic N) is 1. The van der Waals surface area contributed by atoms with Gasteiger partial charge in [0, 0.05) is 5.02 Å². The highest BCUT2D eigenvalue weighted by atomic mass is 35.5. The van der Waals surface area contributed by atoms with Crippen molar-refractivity contribution in [3.05, 3.63) is 59.1 Å². The molecule has 0 spiro atoms. The van der Waals surface area contributed by atoms with E-state index in [2.05, 4.69) is 15.8 Å². The first kappa shape index (κ1) is 20.3. The summed E-state index contributed by atoms with van der Waals surface area (Å²) < 4.78 is 10.6. The highest BCUT2D eigenvalue weighted by molar-refractivity contribution is 6.30. The summed E-state index contributed by atoms with van der Waals surface area (Å²) in [5.74, 6) is 0.411. The summed E-state index contributed by atoms with van der Waals surface area (Å²) in [5.41, 5.74) is 3.14. The number of hydrazone groups is 1. The normalized spacial score (nSPS) is 10.4.